The van der Waals surface area contributed by atoms with Crippen LogP contribution in [0.1, 0.15) is 16.3 Å². The number of hydrogen-bond acceptors (Lipinski definition) is 5. The van der Waals surface area contributed by atoms with E-state index in [0.29, 0.717) is 5.69 Å². The standard InChI is InChI=1S/C12H13N5S/c1-6-8(3)18-12(15-6)17-11-10(7(2)16-17)4-9(13)5-14-11/h4-5H,13H2,1-3H3. The summed E-state index contributed by atoms with van der Waals surface area (Å²) in [6.07, 6.45) is 1.65. The van der Waals surface area contributed by atoms with Crippen LogP contribution < -0.4 is 5.73 Å². The van der Waals surface area contributed by atoms with E-state index in [1.54, 1.807) is 22.2 Å². The van der Waals surface area contributed by atoms with Crippen LogP contribution in [0.2, 0.25) is 0 Å². The van der Waals surface area contributed by atoms with Gasteiger partial charge in [0.1, 0.15) is 0 Å². The summed E-state index contributed by atoms with van der Waals surface area (Å²) in [5, 5.41) is 6.32. The van der Waals surface area contributed by atoms with Gasteiger partial charge in [0.05, 0.1) is 23.3 Å². The third-order valence-electron chi connectivity index (χ3n) is 2.93. The maximum Gasteiger partial charge on any atom is 0.212 e. The van der Waals surface area contributed by atoms with Crippen molar-refractivity contribution in [3.8, 4) is 5.13 Å². The molecule has 0 atom stereocenters. The largest absolute Gasteiger partial charge is 0.397 e. The second kappa shape index (κ2) is 3.78. The van der Waals surface area contributed by atoms with Crippen LogP contribution in [0.15, 0.2) is 12.3 Å². The molecule has 6 heteroatoms. The zero-order valence-electron chi connectivity index (χ0n) is 10.4. The van der Waals surface area contributed by atoms with Gasteiger partial charge in [-0.25, -0.2) is 9.97 Å². The molecule has 0 amide bonds. The van der Waals surface area contributed by atoms with Crippen LogP contribution in [0.4, 0.5) is 5.69 Å². The number of aromatic nitrogens is 4. The predicted octanol–water partition coefficient (Wildman–Crippen LogP) is 2.38. The number of nitrogens with zero attached hydrogens (tertiary/aromatic N) is 4. The van der Waals surface area contributed by atoms with Gasteiger partial charge in [0, 0.05) is 10.3 Å². The summed E-state index contributed by atoms with van der Waals surface area (Å²) in [7, 11) is 0. The lowest BCUT2D eigenvalue weighted by molar-refractivity contribution is 0.864. The van der Waals surface area contributed by atoms with Crippen LogP contribution in [0.5, 0.6) is 0 Å². The molecule has 0 spiro atoms. The third kappa shape index (κ3) is 1.57. The molecule has 92 valence electrons. The average Bonchev–Trinajstić information content (AvgIpc) is 2.82. The molecule has 0 radical (unpaired) electrons. The molecule has 0 bridgehead atoms. The van der Waals surface area contributed by atoms with Gasteiger partial charge >= 0.3 is 0 Å². The molecule has 5 nitrogen and oxygen atoms in total. The number of rotatable bonds is 1. The van der Waals surface area contributed by atoms with E-state index in [1.807, 2.05) is 19.9 Å². The monoisotopic (exact) mass is 259 g/mol. The van der Waals surface area contributed by atoms with Gasteiger partial charge in [-0.15, -0.1) is 0 Å². The zero-order chi connectivity index (χ0) is 12.9. The molecule has 18 heavy (non-hydrogen) atoms. The normalized spacial score (nSPS) is 11.3. The maximum absolute atomic E-state index is 5.76. The lowest BCUT2D eigenvalue weighted by Crippen LogP contribution is -1.97. The minimum absolute atomic E-state index is 0.650. The van der Waals surface area contributed by atoms with Crippen LogP contribution in [-0.2, 0) is 0 Å². The highest BCUT2D eigenvalue weighted by molar-refractivity contribution is 7.14. The first-order chi connectivity index (χ1) is 8.56. The molecular weight excluding hydrogens is 246 g/mol. The van der Waals surface area contributed by atoms with Crippen LogP contribution in [0, 0.1) is 20.8 Å². The second-order valence-corrected chi connectivity index (χ2v) is 5.46. The van der Waals surface area contributed by atoms with Crippen LogP contribution in [0.3, 0.4) is 0 Å². The molecule has 3 aromatic heterocycles. The van der Waals surface area contributed by atoms with E-state index in [-0.39, 0.29) is 0 Å². The molecule has 0 unspecified atom stereocenters. The Balaban J connectivity index is 2.30. The first kappa shape index (κ1) is 11.2. The molecule has 0 saturated carbocycles. The minimum Gasteiger partial charge on any atom is -0.397 e. The van der Waals surface area contributed by atoms with E-state index in [0.717, 1.165) is 27.6 Å². The Morgan fingerprint density at radius 3 is 2.67 bits per heavy atom. The summed E-state index contributed by atoms with van der Waals surface area (Å²) < 4.78 is 1.79. The van der Waals surface area contributed by atoms with Crippen molar-refractivity contribution in [2.45, 2.75) is 20.8 Å². The predicted molar refractivity (Wildman–Crippen MR) is 73.2 cm³/mol. The molecule has 3 aromatic rings. The SMILES string of the molecule is Cc1nc(-n2nc(C)c3cc(N)cnc32)sc1C. The highest BCUT2D eigenvalue weighted by Gasteiger charge is 2.14. The van der Waals surface area contributed by atoms with Crippen molar-refractivity contribution in [1.82, 2.24) is 19.7 Å². The van der Waals surface area contributed by atoms with Gasteiger partial charge in [-0.1, -0.05) is 11.3 Å². The molecule has 2 N–H and O–H groups in total. The van der Waals surface area contributed by atoms with Gasteiger partial charge in [-0.2, -0.15) is 9.78 Å². The molecule has 3 rings (SSSR count). The first-order valence-corrected chi connectivity index (χ1v) is 6.43. The van der Waals surface area contributed by atoms with Crippen molar-refractivity contribution in [1.29, 1.82) is 0 Å². The highest BCUT2D eigenvalue weighted by atomic mass is 32.1. The Bertz CT molecular complexity index is 721. The number of hydrogen-bond donors (Lipinski definition) is 1. The number of nitrogen functional groups attached to an aromatic ring is 1. The van der Waals surface area contributed by atoms with Gasteiger partial charge in [0.15, 0.2) is 5.65 Å². The first-order valence-electron chi connectivity index (χ1n) is 5.61. The van der Waals surface area contributed by atoms with Gasteiger partial charge in [-0.05, 0) is 26.8 Å². The maximum atomic E-state index is 5.76. The molecule has 0 aliphatic carbocycles. The van der Waals surface area contributed by atoms with Crippen molar-refractivity contribution in [2.24, 2.45) is 0 Å². The molecule has 0 aliphatic rings. The fraction of sp³-hybridized carbons (Fsp3) is 0.250. The zero-order valence-corrected chi connectivity index (χ0v) is 11.2. The fourth-order valence-corrected chi connectivity index (χ4v) is 2.70. The summed E-state index contributed by atoms with van der Waals surface area (Å²) in [6, 6.07) is 1.90. The van der Waals surface area contributed by atoms with E-state index in [4.69, 9.17) is 5.73 Å². The number of pyridine rings is 1. The molecule has 0 aliphatic heterocycles. The van der Waals surface area contributed by atoms with Crippen LogP contribution in [0.25, 0.3) is 16.2 Å². The van der Waals surface area contributed by atoms with Gasteiger partial charge in [0.25, 0.3) is 0 Å². The topological polar surface area (TPSA) is 69.6 Å². The van der Waals surface area contributed by atoms with E-state index < -0.39 is 0 Å². The minimum atomic E-state index is 0.650. The van der Waals surface area contributed by atoms with Crippen LogP contribution >= 0.6 is 11.3 Å². The van der Waals surface area contributed by atoms with Crippen LogP contribution in [-0.4, -0.2) is 19.7 Å². The second-order valence-electron chi connectivity index (χ2n) is 4.28. The molecule has 0 aromatic carbocycles. The summed E-state index contributed by atoms with van der Waals surface area (Å²) in [5.74, 6) is 0. The Morgan fingerprint density at radius 2 is 2.00 bits per heavy atom. The molecule has 0 fully saturated rings. The molecule has 3 heterocycles. The van der Waals surface area contributed by atoms with E-state index in [9.17, 15) is 0 Å². The summed E-state index contributed by atoms with van der Waals surface area (Å²) >= 11 is 1.62. The average molecular weight is 259 g/mol. The van der Waals surface area contributed by atoms with Gasteiger partial charge < -0.3 is 5.73 Å². The Hall–Kier alpha value is -1.95. The van der Waals surface area contributed by atoms with E-state index in [1.165, 1.54) is 4.88 Å². The molecular formula is C12H13N5S. The number of aryl methyl sites for hydroxylation is 3. The van der Waals surface area contributed by atoms with E-state index >= 15 is 0 Å². The van der Waals surface area contributed by atoms with Crippen molar-refractivity contribution in [3.05, 3.63) is 28.5 Å². The highest BCUT2D eigenvalue weighted by Crippen LogP contribution is 2.25. The van der Waals surface area contributed by atoms with Crippen molar-refractivity contribution >= 4 is 28.1 Å². The Morgan fingerprint density at radius 1 is 1.22 bits per heavy atom. The smallest absolute Gasteiger partial charge is 0.212 e. The number of fused-ring (bicyclic) bond motifs is 1. The lowest BCUT2D eigenvalue weighted by Gasteiger charge is -1.97. The van der Waals surface area contributed by atoms with Crippen molar-refractivity contribution in [3.63, 3.8) is 0 Å². The van der Waals surface area contributed by atoms with Gasteiger partial charge in [-0.3, -0.25) is 0 Å². The molecule has 0 saturated heterocycles. The Labute approximate surface area is 108 Å². The summed E-state index contributed by atoms with van der Waals surface area (Å²) in [5.41, 5.74) is 9.15. The summed E-state index contributed by atoms with van der Waals surface area (Å²) in [4.78, 5) is 10.1. The Kier molecular flexibility index (Phi) is 2.34. The fourth-order valence-electron chi connectivity index (χ4n) is 1.84. The van der Waals surface area contributed by atoms with Crippen molar-refractivity contribution in [2.75, 3.05) is 5.73 Å². The van der Waals surface area contributed by atoms with Gasteiger partial charge in [0.2, 0.25) is 5.13 Å². The van der Waals surface area contributed by atoms with Crippen molar-refractivity contribution < 1.29 is 0 Å². The number of anilines is 1. The number of nitrogens with two attached hydrogens (primary N) is 1. The quantitative estimate of drug-likeness (QED) is 0.728. The summed E-state index contributed by atoms with van der Waals surface area (Å²) in [6.45, 7) is 6.01. The number of thiazole rings is 1. The third-order valence-corrected chi connectivity index (χ3v) is 3.98. The lowest BCUT2D eigenvalue weighted by atomic mass is 10.3. The van der Waals surface area contributed by atoms with E-state index in [2.05, 4.69) is 22.0 Å².